The maximum atomic E-state index is 14.8. The molecule has 0 spiro atoms. The Labute approximate surface area is 212 Å². The fraction of sp³-hybridized carbons (Fsp3) is 0.290. The molecule has 0 aliphatic carbocycles. The van der Waals surface area contributed by atoms with E-state index < -0.39 is 0 Å². The molecule has 36 heavy (non-hydrogen) atoms. The Morgan fingerprint density at radius 1 is 0.861 bits per heavy atom. The van der Waals surface area contributed by atoms with Crippen LogP contribution in [0.4, 0.5) is 10.1 Å². The molecule has 0 aromatic heterocycles. The van der Waals surface area contributed by atoms with Crippen molar-refractivity contribution in [2.24, 2.45) is 0 Å². The smallest absolute Gasteiger partial charge is 0.165 e. The van der Waals surface area contributed by atoms with Crippen LogP contribution in [0.1, 0.15) is 24.8 Å². The molecule has 1 aliphatic heterocycles. The van der Waals surface area contributed by atoms with Gasteiger partial charge in [0.25, 0.3) is 0 Å². The van der Waals surface area contributed by atoms with E-state index in [0.717, 1.165) is 47.8 Å². The van der Waals surface area contributed by atoms with Crippen LogP contribution in [0.5, 0.6) is 11.5 Å². The van der Waals surface area contributed by atoms with Gasteiger partial charge in [0.1, 0.15) is 12.4 Å². The first-order chi connectivity index (χ1) is 17.7. The van der Waals surface area contributed by atoms with Crippen LogP contribution >= 0.6 is 0 Å². The topological polar surface area (TPSA) is 33.7 Å². The molecule has 1 fully saturated rings. The molecule has 5 heteroatoms. The average molecular weight is 485 g/mol. The summed E-state index contributed by atoms with van der Waals surface area (Å²) in [5, 5.41) is 5.89. The molecule has 0 amide bonds. The maximum Gasteiger partial charge on any atom is 0.165 e. The summed E-state index contributed by atoms with van der Waals surface area (Å²) in [6.45, 7) is 4.06. The first-order valence-corrected chi connectivity index (χ1v) is 12.7. The Balaban J connectivity index is 1.27. The summed E-state index contributed by atoms with van der Waals surface area (Å²) in [6.07, 6.45) is 3.79. The van der Waals surface area contributed by atoms with Gasteiger partial charge >= 0.3 is 0 Å². The van der Waals surface area contributed by atoms with Crippen molar-refractivity contribution in [2.75, 3.05) is 38.7 Å². The summed E-state index contributed by atoms with van der Waals surface area (Å²) in [5.41, 5.74) is 3.97. The van der Waals surface area contributed by atoms with Gasteiger partial charge in [-0.1, -0.05) is 48.9 Å². The van der Waals surface area contributed by atoms with E-state index in [1.165, 1.54) is 30.0 Å². The van der Waals surface area contributed by atoms with Crippen molar-refractivity contribution in [3.05, 3.63) is 90.2 Å². The van der Waals surface area contributed by atoms with Gasteiger partial charge in [-0.25, -0.2) is 4.39 Å². The molecule has 0 unspecified atom stereocenters. The number of halogens is 1. The molecule has 0 atom stereocenters. The Morgan fingerprint density at radius 3 is 2.50 bits per heavy atom. The molecule has 1 N–H and O–H groups in total. The van der Waals surface area contributed by atoms with Crippen molar-refractivity contribution in [3.63, 3.8) is 0 Å². The predicted octanol–water partition coefficient (Wildman–Crippen LogP) is 7.13. The number of rotatable bonds is 9. The fourth-order valence-corrected chi connectivity index (χ4v) is 4.84. The van der Waals surface area contributed by atoms with Gasteiger partial charge in [0.05, 0.1) is 7.11 Å². The molecule has 4 aromatic rings. The Morgan fingerprint density at radius 2 is 1.69 bits per heavy atom. The lowest BCUT2D eigenvalue weighted by Crippen LogP contribution is -2.33. The molecular formula is C31H33FN2O2. The van der Waals surface area contributed by atoms with Crippen LogP contribution in [-0.2, 0) is 6.54 Å². The predicted molar refractivity (Wildman–Crippen MR) is 145 cm³/mol. The van der Waals surface area contributed by atoms with Gasteiger partial charge in [-0.05, 0) is 78.2 Å². The lowest BCUT2D eigenvalue weighted by molar-refractivity contribution is 0.180. The maximum absolute atomic E-state index is 14.8. The molecule has 4 aromatic carbocycles. The Hall–Kier alpha value is -3.57. The van der Waals surface area contributed by atoms with Crippen LogP contribution in [0.2, 0.25) is 0 Å². The zero-order valence-electron chi connectivity index (χ0n) is 20.8. The van der Waals surface area contributed by atoms with Gasteiger partial charge < -0.3 is 14.8 Å². The van der Waals surface area contributed by atoms with E-state index in [1.54, 1.807) is 19.2 Å². The lowest BCUT2D eigenvalue weighted by Gasteiger charge is -2.26. The molecule has 0 bridgehead atoms. The summed E-state index contributed by atoms with van der Waals surface area (Å²) in [4.78, 5) is 2.39. The van der Waals surface area contributed by atoms with E-state index in [-0.39, 0.29) is 5.82 Å². The van der Waals surface area contributed by atoms with E-state index in [2.05, 4.69) is 52.7 Å². The second kappa shape index (κ2) is 11.4. The van der Waals surface area contributed by atoms with Crippen molar-refractivity contribution in [1.82, 2.24) is 4.90 Å². The molecule has 1 saturated heterocycles. The molecule has 0 saturated carbocycles. The number of likely N-dealkylation sites (tertiary alicyclic amines) is 1. The van der Waals surface area contributed by atoms with Crippen LogP contribution in [0.25, 0.3) is 21.9 Å². The Kier molecular flexibility index (Phi) is 7.67. The zero-order valence-corrected chi connectivity index (χ0v) is 20.8. The van der Waals surface area contributed by atoms with Gasteiger partial charge in [-0.2, -0.15) is 0 Å². The number of hydrogen-bond acceptors (Lipinski definition) is 4. The second-order valence-corrected chi connectivity index (χ2v) is 9.34. The average Bonchev–Trinajstić information content (AvgIpc) is 2.93. The van der Waals surface area contributed by atoms with Gasteiger partial charge in [-0.3, -0.25) is 4.90 Å². The molecular weight excluding hydrogens is 451 g/mol. The normalized spacial score (nSPS) is 14.1. The number of hydrogen-bond donors (Lipinski definition) is 1. The first kappa shape index (κ1) is 24.1. The standard InChI is InChI=1S/C31H33FN2O2/c1-35-27-12-13-28(26-11-10-24-7-3-4-8-25(24)20-26)30(21-27)33-22-23-9-14-31(29(32)19-23)36-18-17-34-15-5-2-6-16-34/h3-4,7-14,19-21,33H,2,5-6,15-18,22H2,1H3. The summed E-state index contributed by atoms with van der Waals surface area (Å²) in [6, 6.07) is 26.0. The third kappa shape index (κ3) is 5.80. The number of anilines is 1. The van der Waals surface area contributed by atoms with Crippen molar-refractivity contribution in [1.29, 1.82) is 0 Å². The van der Waals surface area contributed by atoms with Gasteiger partial charge in [0.15, 0.2) is 11.6 Å². The summed E-state index contributed by atoms with van der Waals surface area (Å²) < 4.78 is 26.0. The van der Waals surface area contributed by atoms with Crippen molar-refractivity contribution >= 4 is 16.5 Å². The third-order valence-corrected chi connectivity index (χ3v) is 6.88. The highest BCUT2D eigenvalue weighted by atomic mass is 19.1. The lowest BCUT2D eigenvalue weighted by atomic mass is 9.99. The molecule has 4 nitrogen and oxygen atoms in total. The van der Waals surface area contributed by atoms with Crippen LogP contribution in [-0.4, -0.2) is 38.3 Å². The summed E-state index contributed by atoms with van der Waals surface area (Å²) in [7, 11) is 1.66. The quantitative estimate of drug-likeness (QED) is 0.274. The summed E-state index contributed by atoms with van der Waals surface area (Å²) in [5.74, 6) is 0.757. The molecule has 186 valence electrons. The molecule has 1 heterocycles. The minimum atomic E-state index is -0.326. The van der Waals surface area contributed by atoms with Gasteiger partial charge in [-0.15, -0.1) is 0 Å². The van der Waals surface area contributed by atoms with Crippen LogP contribution in [0.3, 0.4) is 0 Å². The number of ether oxygens (including phenoxy) is 2. The summed E-state index contributed by atoms with van der Waals surface area (Å²) >= 11 is 0. The van der Waals surface area contributed by atoms with Crippen LogP contribution in [0, 0.1) is 5.82 Å². The zero-order chi connectivity index (χ0) is 24.7. The monoisotopic (exact) mass is 484 g/mol. The highest BCUT2D eigenvalue weighted by Gasteiger charge is 2.12. The van der Waals surface area contributed by atoms with Gasteiger partial charge in [0.2, 0.25) is 0 Å². The number of fused-ring (bicyclic) bond motifs is 1. The SMILES string of the molecule is COc1ccc(-c2ccc3ccccc3c2)c(NCc2ccc(OCCN3CCCCC3)c(F)c2)c1. The number of nitrogens with zero attached hydrogens (tertiary/aromatic N) is 1. The van der Waals surface area contributed by atoms with E-state index in [1.807, 2.05) is 24.3 Å². The minimum Gasteiger partial charge on any atom is -0.497 e. The van der Waals surface area contributed by atoms with Crippen molar-refractivity contribution in [2.45, 2.75) is 25.8 Å². The van der Waals surface area contributed by atoms with Crippen LogP contribution < -0.4 is 14.8 Å². The molecule has 1 aliphatic rings. The minimum absolute atomic E-state index is 0.314. The van der Waals surface area contributed by atoms with E-state index >= 15 is 0 Å². The fourth-order valence-electron chi connectivity index (χ4n) is 4.84. The van der Waals surface area contributed by atoms with Crippen molar-refractivity contribution in [3.8, 4) is 22.6 Å². The Bertz CT molecular complexity index is 1320. The van der Waals surface area contributed by atoms with Gasteiger partial charge in [0, 0.05) is 30.4 Å². The van der Waals surface area contributed by atoms with E-state index in [0.29, 0.717) is 18.9 Å². The first-order valence-electron chi connectivity index (χ1n) is 12.7. The third-order valence-electron chi connectivity index (χ3n) is 6.88. The highest BCUT2D eigenvalue weighted by Crippen LogP contribution is 2.34. The highest BCUT2D eigenvalue weighted by molar-refractivity contribution is 5.90. The van der Waals surface area contributed by atoms with E-state index in [4.69, 9.17) is 9.47 Å². The number of nitrogens with one attached hydrogen (secondary N) is 1. The number of piperidine rings is 1. The number of benzene rings is 4. The molecule has 5 rings (SSSR count). The van der Waals surface area contributed by atoms with Crippen LogP contribution in [0.15, 0.2) is 78.9 Å². The van der Waals surface area contributed by atoms with E-state index in [9.17, 15) is 4.39 Å². The largest absolute Gasteiger partial charge is 0.497 e. The van der Waals surface area contributed by atoms with Crippen molar-refractivity contribution < 1.29 is 13.9 Å². The second-order valence-electron chi connectivity index (χ2n) is 9.34. The number of methoxy groups -OCH3 is 1. The molecule has 0 radical (unpaired) electrons.